The van der Waals surface area contributed by atoms with Crippen molar-refractivity contribution in [3.63, 3.8) is 0 Å². The predicted octanol–water partition coefficient (Wildman–Crippen LogP) is 3.54. The van der Waals surface area contributed by atoms with E-state index < -0.39 is 0 Å². The Labute approximate surface area is 169 Å². The second-order valence-electron chi connectivity index (χ2n) is 7.29. The van der Waals surface area contributed by atoms with Gasteiger partial charge >= 0.3 is 0 Å². The molecule has 0 unspecified atom stereocenters. The maximum absolute atomic E-state index is 12.6. The monoisotopic (exact) mass is 385 g/mol. The molecule has 6 heteroatoms. The number of fused-ring (bicyclic) bond motifs is 1. The molecule has 0 spiro atoms. The first kappa shape index (κ1) is 18.8. The summed E-state index contributed by atoms with van der Waals surface area (Å²) in [7, 11) is 0. The van der Waals surface area contributed by atoms with E-state index in [1.807, 2.05) is 44.2 Å². The van der Waals surface area contributed by atoms with Gasteiger partial charge in [-0.25, -0.2) is 4.68 Å². The lowest BCUT2D eigenvalue weighted by Gasteiger charge is -2.13. The van der Waals surface area contributed by atoms with Gasteiger partial charge in [-0.2, -0.15) is 0 Å². The Morgan fingerprint density at radius 3 is 2.79 bits per heavy atom. The van der Waals surface area contributed by atoms with Gasteiger partial charge in [0, 0.05) is 24.4 Å². The summed E-state index contributed by atoms with van der Waals surface area (Å²) in [4.78, 5) is 17.0. The summed E-state index contributed by atoms with van der Waals surface area (Å²) in [6, 6.07) is 18.3. The molecular weight excluding hydrogens is 362 g/mol. The Hall–Kier alpha value is -3.54. The molecule has 1 amide bonds. The first-order chi connectivity index (χ1) is 14.1. The largest absolute Gasteiger partial charge is 0.348 e. The van der Waals surface area contributed by atoms with E-state index in [1.165, 1.54) is 10.8 Å². The lowest BCUT2D eigenvalue weighted by molar-refractivity contribution is 0.0934. The molecule has 0 saturated heterocycles. The van der Waals surface area contributed by atoms with E-state index in [-0.39, 0.29) is 11.9 Å². The number of amides is 1. The van der Waals surface area contributed by atoms with Crippen LogP contribution in [-0.4, -0.2) is 31.9 Å². The fourth-order valence-electron chi connectivity index (χ4n) is 3.46. The molecule has 0 aliphatic heterocycles. The average molecular weight is 385 g/mol. The zero-order valence-electron chi connectivity index (χ0n) is 16.5. The number of nitrogens with zero attached hydrogens (tertiary/aromatic N) is 4. The van der Waals surface area contributed by atoms with Gasteiger partial charge < -0.3 is 5.32 Å². The zero-order chi connectivity index (χ0) is 20.2. The van der Waals surface area contributed by atoms with Crippen molar-refractivity contribution in [2.45, 2.75) is 32.9 Å². The molecule has 4 rings (SSSR count). The van der Waals surface area contributed by atoms with E-state index in [1.54, 1.807) is 17.1 Å². The number of nitrogens with one attached hydrogen (secondary N) is 1. The van der Waals surface area contributed by atoms with Crippen molar-refractivity contribution in [3.8, 4) is 0 Å². The van der Waals surface area contributed by atoms with Gasteiger partial charge in [0.05, 0.1) is 12.7 Å². The molecule has 2 aromatic heterocycles. The predicted molar refractivity (Wildman–Crippen MR) is 113 cm³/mol. The second kappa shape index (κ2) is 8.22. The van der Waals surface area contributed by atoms with Gasteiger partial charge in [-0.05, 0) is 41.8 Å². The minimum atomic E-state index is -0.227. The fraction of sp³-hybridized carbons (Fsp3) is 0.217. The van der Waals surface area contributed by atoms with E-state index >= 15 is 0 Å². The highest BCUT2D eigenvalue weighted by atomic mass is 16.2. The van der Waals surface area contributed by atoms with E-state index in [0.717, 1.165) is 16.8 Å². The number of benzene rings is 2. The Bertz CT molecular complexity index is 1150. The third kappa shape index (κ3) is 4.32. The lowest BCUT2D eigenvalue weighted by Crippen LogP contribution is -2.34. The third-order valence-electron chi connectivity index (χ3n) is 4.98. The lowest BCUT2D eigenvalue weighted by atomic mass is 10.0. The summed E-state index contributed by atoms with van der Waals surface area (Å²) < 4.78 is 1.70. The van der Waals surface area contributed by atoms with Crippen molar-refractivity contribution in [1.29, 1.82) is 0 Å². The van der Waals surface area contributed by atoms with Crippen molar-refractivity contribution in [2.75, 3.05) is 0 Å². The van der Waals surface area contributed by atoms with Crippen LogP contribution in [-0.2, 0) is 13.0 Å². The summed E-state index contributed by atoms with van der Waals surface area (Å²) >= 11 is 0. The molecule has 2 heterocycles. The number of carbonyl (C=O) groups excluding carboxylic acids is 1. The number of carbonyl (C=O) groups is 1. The molecule has 2 aromatic carbocycles. The van der Waals surface area contributed by atoms with Crippen LogP contribution in [0.4, 0.5) is 0 Å². The number of pyridine rings is 1. The van der Waals surface area contributed by atoms with Gasteiger partial charge in [0.2, 0.25) is 0 Å². The SMILES string of the molecule is Cc1cccnc1C[C@H](C)NC(=O)c1cn(Cc2cccc3ccccc23)nn1. The molecule has 0 bridgehead atoms. The Morgan fingerprint density at radius 2 is 1.93 bits per heavy atom. The van der Waals surface area contributed by atoms with E-state index in [9.17, 15) is 4.79 Å². The molecule has 0 radical (unpaired) electrons. The first-order valence-corrected chi connectivity index (χ1v) is 9.68. The molecule has 6 nitrogen and oxygen atoms in total. The van der Waals surface area contributed by atoms with Crippen LogP contribution in [0.5, 0.6) is 0 Å². The molecule has 1 atom stereocenters. The average Bonchev–Trinajstić information content (AvgIpc) is 3.19. The minimum absolute atomic E-state index is 0.0562. The zero-order valence-corrected chi connectivity index (χ0v) is 16.5. The molecule has 0 fully saturated rings. The Balaban J connectivity index is 1.43. The molecule has 0 aliphatic carbocycles. The van der Waals surface area contributed by atoms with Crippen molar-refractivity contribution in [2.24, 2.45) is 0 Å². The van der Waals surface area contributed by atoms with Crippen LogP contribution in [0.3, 0.4) is 0 Å². The van der Waals surface area contributed by atoms with Gasteiger partial charge in [0.15, 0.2) is 5.69 Å². The Morgan fingerprint density at radius 1 is 1.10 bits per heavy atom. The van der Waals surface area contributed by atoms with Crippen molar-refractivity contribution < 1.29 is 4.79 Å². The maximum atomic E-state index is 12.6. The van der Waals surface area contributed by atoms with Crippen molar-refractivity contribution in [3.05, 3.63) is 89.5 Å². The minimum Gasteiger partial charge on any atom is -0.348 e. The van der Waals surface area contributed by atoms with Gasteiger partial charge in [-0.3, -0.25) is 9.78 Å². The van der Waals surface area contributed by atoms with E-state index in [0.29, 0.717) is 18.7 Å². The highest BCUT2D eigenvalue weighted by molar-refractivity contribution is 5.92. The van der Waals surface area contributed by atoms with Crippen LogP contribution in [0.25, 0.3) is 10.8 Å². The third-order valence-corrected chi connectivity index (χ3v) is 4.98. The maximum Gasteiger partial charge on any atom is 0.273 e. The molecule has 4 aromatic rings. The van der Waals surface area contributed by atoms with E-state index in [2.05, 4.69) is 44.9 Å². The molecule has 29 heavy (non-hydrogen) atoms. The van der Waals surface area contributed by atoms with Gasteiger partial charge in [-0.15, -0.1) is 5.10 Å². The number of aromatic nitrogens is 4. The standard InChI is InChI=1S/C23H23N5O/c1-16-7-6-12-24-21(16)13-17(2)25-23(29)22-15-28(27-26-22)14-19-10-5-9-18-8-3-4-11-20(18)19/h3-12,15,17H,13-14H2,1-2H3,(H,25,29)/t17-/m0/s1. The van der Waals surface area contributed by atoms with Crippen LogP contribution in [0.2, 0.25) is 0 Å². The first-order valence-electron chi connectivity index (χ1n) is 9.68. The van der Waals surface area contributed by atoms with Gasteiger partial charge in [0.1, 0.15) is 0 Å². The Kier molecular flexibility index (Phi) is 5.33. The molecular formula is C23H23N5O. The molecule has 0 aliphatic rings. The molecule has 0 saturated carbocycles. The molecule has 146 valence electrons. The summed E-state index contributed by atoms with van der Waals surface area (Å²) in [5, 5.41) is 13.5. The van der Waals surface area contributed by atoms with Crippen LogP contribution in [0.1, 0.15) is 34.2 Å². The normalized spacial score (nSPS) is 12.1. The van der Waals surface area contributed by atoms with Crippen molar-refractivity contribution >= 4 is 16.7 Å². The van der Waals surface area contributed by atoms with E-state index in [4.69, 9.17) is 0 Å². The number of aryl methyl sites for hydroxylation is 1. The number of rotatable bonds is 6. The summed E-state index contributed by atoms with van der Waals surface area (Å²) in [5.41, 5.74) is 3.56. The summed E-state index contributed by atoms with van der Waals surface area (Å²) in [6.07, 6.45) is 4.13. The van der Waals surface area contributed by atoms with Crippen LogP contribution in [0.15, 0.2) is 67.0 Å². The second-order valence-corrected chi connectivity index (χ2v) is 7.29. The summed E-state index contributed by atoms with van der Waals surface area (Å²) in [6.45, 7) is 4.55. The smallest absolute Gasteiger partial charge is 0.273 e. The molecule has 1 N–H and O–H groups in total. The highest BCUT2D eigenvalue weighted by Gasteiger charge is 2.15. The number of hydrogen-bond acceptors (Lipinski definition) is 4. The highest BCUT2D eigenvalue weighted by Crippen LogP contribution is 2.19. The number of hydrogen-bond donors (Lipinski definition) is 1. The van der Waals surface area contributed by atoms with Crippen LogP contribution < -0.4 is 5.32 Å². The van der Waals surface area contributed by atoms with Gasteiger partial charge in [0.25, 0.3) is 5.91 Å². The van der Waals surface area contributed by atoms with Gasteiger partial charge in [-0.1, -0.05) is 53.7 Å². The van der Waals surface area contributed by atoms with Crippen molar-refractivity contribution in [1.82, 2.24) is 25.3 Å². The fourth-order valence-corrected chi connectivity index (χ4v) is 3.46. The van der Waals surface area contributed by atoms with Crippen LogP contribution >= 0.6 is 0 Å². The topological polar surface area (TPSA) is 72.7 Å². The van der Waals surface area contributed by atoms with Crippen LogP contribution in [0, 0.1) is 6.92 Å². The quantitative estimate of drug-likeness (QED) is 0.551. The summed E-state index contributed by atoms with van der Waals surface area (Å²) in [5.74, 6) is -0.227.